The van der Waals surface area contributed by atoms with Gasteiger partial charge in [0.2, 0.25) is 10.0 Å². The largest absolute Gasteiger partial charge is 0.455 e. The van der Waals surface area contributed by atoms with Crippen LogP contribution in [-0.4, -0.2) is 37.9 Å². The van der Waals surface area contributed by atoms with Gasteiger partial charge in [0, 0.05) is 25.2 Å². The van der Waals surface area contributed by atoms with Crippen molar-refractivity contribution in [2.24, 2.45) is 0 Å². The van der Waals surface area contributed by atoms with Gasteiger partial charge in [-0.05, 0) is 49.4 Å². The fraction of sp³-hybridized carbons (Fsp3) is 0.200. The Morgan fingerprint density at radius 2 is 1.86 bits per heavy atom. The van der Waals surface area contributed by atoms with Crippen molar-refractivity contribution in [3.05, 3.63) is 71.2 Å². The summed E-state index contributed by atoms with van der Waals surface area (Å²) in [6.45, 7) is 1.60. The van der Waals surface area contributed by atoms with Crippen LogP contribution in [0.5, 0.6) is 0 Å². The summed E-state index contributed by atoms with van der Waals surface area (Å²) in [5.74, 6) is -0.597. The van der Waals surface area contributed by atoms with Gasteiger partial charge < -0.3 is 9.26 Å². The molecule has 2 aromatic carbocycles. The molecule has 0 N–H and O–H groups in total. The number of carbonyl (C=O) groups is 1. The van der Waals surface area contributed by atoms with E-state index < -0.39 is 16.0 Å². The molecule has 0 spiro atoms. The molecule has 0 fully saturated rings. The van der Waals surface area contributed by atoms with Crippen molar-refractivity contribution in [1.82, 2.24) is 9.46 Å². The van der Waals surface area contributed by atoms with Crippen LogP contribution in [0.15, 0.2) is 57.9 Å². The number of esters is 1. The van der Waals surface area contributed by atoms with Gasteiger partial charge in [-0.15, -0.1) is 0 Å². The number of sulfonamides is 1. The highest BCUT2D eigenvalue weighted by molar-refractivity contribution is 7.89. The Hall–Kier alpha value is -3.04. The lowest BCUT2D eigenvalue weighted by Crippen LogP contribution is -2.22. The average molecular weight is 418 g/mol. The zero-order valence-electron chi connectivity index (χ0n) is 16.0. The van der Waals surface area contributed by atoms with Crippen molar-refractivity contribution < 1.29 is 26.9 Å². The summed E-state index contributed by atoms with van der Waals surface area (Å²) in [5.41, 5.74) is 1.83. The number of rotatable bonds is 6. The Kier molecular flexibility index (Phi) is 5.81. The summed E-state index contributed by atoms with van der Waals surface area (Å²) < 4.78 is 49.1. The van der Waals surface area contributed by atoms with E-state index in [9.17, 15) is 17.6 Å². The van der Waals surface area contributed by atoms with Crippen LogP contribution in [0.3, 0.4) is 0 Å². The van der Waals surface area contributed by atoms with Gasteiger partial charge in [0.05, 0.1) is 10.5 Å². The summed E-state index contributed by atoms with van der Waals surface area (Å²) in [4.78, 5) is 12.4. The van der Waals surface area contributed by atoms with Crippen LogP contribution in [-0.2, 0) is 21.4 Å². The highest BCUT2D eigenvalue weighted by Crippen LogP contribution is 2.26. The van der Waals surface area contributed by atoms with E-state index in [1.807, 2.05) is 0 Å². The Bertz CT molecular complexity index is 1140. The van der Waals surface area contributed by atoms with Crippen molar-refractivity contribution in [2.45, 2.75) is 18.4 Å². The van der Waals surface area contributed by atoms with Gasteiger partial charge in [0.1, 0.15) is 18.1 Å². The number of halogens is 1. The van der Waals surface area contributed by atoms with Gasteiger partial charge in [-0.3, -0.25) is 0 Å². The summed E-state index contributed by atoms with van der Waals surface area (Å²) in [6.07, 6.45) is 0. The first-order valence-corrected chi connectivity index (χ1v) is 10.0. The maximum absolute atomic E-state index is 13.1. The molecule has 0 bridgehead atoms. The zero-order chi connectivity index (χ0) is 21.2. The van der Waals surface area contributed by atoms with Crippen LogP contribution in [0.25, 0.3) is 11.3 Å². The van der Waals surface area contributed by atoms with Crippen molar-refractivity contribution in [3.8, 4) is 11.3 Å². The molecule has 1 heterocycles. The average Bonchev–Trinajstić information content (AvgIpc) is 3.07. The molecule has 0 aliphatic carbocycles. The lowest BCUT2D eigenvalue weighted by atomic mass is 10.1. The maximum Gasteiger partial charge on any atom is 0.338 e. The van der Waals surface area contributed by atoms with Gasteiger partial charge in [0.15, 0.2) is 5.76 Å². The van der Waals surface area contributed by atoms with E-state index in [0.29, 0.717) is 22.6 Å². The van der Waals surface area contributed by atoms with Crippen LogP contribution in [0.4, 0.5) is 4.39 Å². The van der Waals surface area contributed by atoms with E-state index in [4.69, 9.17) is 9.26 Å². The Balaban J connectivity index is 1.74. The topological polar surface area (TPSA) is 89.7 Å². The van der Waals surface area contributed by atoms with Crippen LogP contribution in [0, 0.1) is 12.7 Å². The van der Waals surface area contributed by atoms with Gasteiger partial charge in [-0.1, -0.05) is 11.2 Å². The number of aromatic nitrogens is 1. The molecule has 0 aliphatic heterocycles. The number of hydrogen-bond acceptors (Lipinski definition) is 6. The smallest absolute Gasteiger partial charge is 0.338 e. The number of benzene rings is 2. The van der Waals surface area contributed by atoms with E-state index >= 15 is 0 Å². The molecule has 3 rings (SSSR count). The highest BCUT2D eigenvalue weighted by Gasteiger charge is 2.20. The highest BCUT2D eigenvalue weighted by atomic mass is 32.2. The van der Waals surface area contributed by atoms with Crippen LogP contribution in [0.2, 0.25) is 0 Å². The first kappa shape index (κ1) is 20.7. The Labute approximate surface area is 167 Å². The van der Waals surface area contributed by atoms with E-state index in [2.05, 4.69) is 5.16 Å². The molecular weight excluding hydrogens is 399 g/mol. The lowest BCUT2D eigenvalue weighted by molar-refractivity contribution is 0.0463. The molecule has 9 heteroatoms. The predicted octanol–water partition coefficient (Wildman–Crippen LogP) is 3.40. The van der Waals surface area contributed by atoms with Gasteiger partial charge in [0.25, 0.3) is 0 Å². The van der Waals surface area contributed by atoms with Crippen LogP contribution < -0.4 is 0 Å². The third-order valence-corrected chi connectivity index (χ3v) is 6.13. The zero-order valence-corrected chi connectivity index (χ0v) is 16.9. The standard InChI is InChI=1S/C20H19FN2O5S/c1-13-18(22-28-19(13)14-7-9-16(21)10-8-14)12-27-20(24)15-5-4-6-17(11-15)29(25,26)23(2)3/h4-11H,12H2,1-3H3. The van der Waals surface area contributed by atoms with Crippen molar-refractivity contribution in [1.29, 1.82) is 0 Å². The van der Waals surface area contributed by atoms with Crippen LogP contribution >= 0.6 is 0 Å². The molecule has 0 aliphatic rings. The first-order chi connectivity index (χ1) is 13.7. The fourth-order valence-corrected chi connectivity index (χ4v) is 3.53. The van der Waals surface area contributed by atoms with Crippen molar-refractivity contribution in [2.75, 3.05) is 14.1 Å². The van der Waals surface area contributed by atoms with Crippen molar-refractivity contribution >= 4 is 16.0 Å². The molecule has 0 radical (unpaired) electrons. The quantitative estimate of drug-likeness (QED) is 0.570. The molecule has 0 amide bonds. The van der Waals surface area contributed by atoms with E-state index in [-0.39, 0.29) is 22.9 Å². The minimum atomic E-state index is -3.67. The maximum atomic E-state index is 13.1. The molecule has 29 heavy (non-hydrogen) atoms. The van der Waals surface area contributed by atoms with E-state index in [1.165, 1.54) is 50.5 Å². The van der Waals surface area contributed by atoms with Gasteiger partial charge >= 0.3 is 5.97 Å². The lowest BCUT2D eigenvalue weighted by Gasteiger charge is -2.12. The molecule has 152 valence electrons. The third kappa shape index (κ3) is 4.36. The normalized spacial score (nSPS) is 11.6. The monoisotopic (exact) mass is 418 g/mol. The molecule has 1 aromatic heterocycles. The fourth-order valence-electron chi connectivity index (χ4n) is 2.59. The molecule has 0 atom stereocenters. The second-order valence-electron chi connectivity index (χ2n) is 6.48. The molecular formula is C20H19FN2O5S. The summed E-state index contributed by atoms with van der Waals surface area (Å²) in [5, 5.41) is 3.91. The SMILES string of the molecule is Cc1c(COC(=O)c2cccc(S(=O)(=O)N(C)C)c2)noc1-c1ccc(F)cc1. The Morgan fingerprint density at radius 1 is 1.17 bits per heavy atom. The molecule has 3 aromatic rings. The molecule has 0 saturated carbocycles. The number of ether oxygens (including phenoxy) is 1. The minimum Gasteiger partial charge on any atom is -0.455 e. The van der Waals surface area contributed by atoms with Gasteiger partial charge in [-0.25, -0.2) is 21.9 Å². The number of hydrogen-bond donors (Lipinski definition) is 0. The minimum absolute atomic E-state index is 0.00633. The molecule has 0 saturated heterocycles. The van der Waals surface area contributed by atoms with Crippen molar-refractivity contribution in [3.63, 3.8) is 0 Å². The van der Waals surface area contributed by atoms with E-state index in [1.54, 1.807) is 19.1 Å². The Morgan fingerprint density at radius 3 is 2.52 bits per heavy atom. The summed E-state index contributed by atoms with van der Waals surface area (Å²) >= 11 is 0. The summed E-state index contributed by atoms with van der Waals surface area (Å²) in [7, 11) is -0.847. The molecule has 7 nitrogen and oxygen atoms in total. The number of carbonyl (C=O) groups excluding carboxylic acids is 1. The number of nitrogens with zero attached hydrogens (tertiary/aromatic N) is 2. The molecule has 0 unspecified atom stereocenters. The van der Waals surface area contributed by atoms with Gasteiger partial charge in [-0.2, -0.15) is 0 Å². The second kappa shape index (κ2) is 8.14. The first-order valence-electron chi connectivity index (χ1n) is 8.61. The predicted molar refractivity (Wildman–Crippen MR) is 103 cm³/mol. The van der Waals surface area contributed by atoms with E-state index in [0.717, 1.165) is 4.31 Å². The van der Waals surface area contributed by atoms with Crippen LogP contribution in [0.1, 0.15) is 21.6 Å². The summed E-state index contributed by atoms with van der Waals surface area (Å²) in [6, 6.07) is 11.4. The third-order valence-electron chi connectivity index (χ3n) is 4.32. The second-order valence-corrected chi connectivity index (χ2v) is 8.63.